The first kappa shape index (κ1) is 17.6. The number of anilines is 1. The molecule has 0 aliphatic carbocycles. The van der Waals surface area contributed by atoms with Crippen LogP contribution in [0.1, 0.15) is 6.92 Å². The minimum absolute atomic E-state index is 0.152. The average Bonchev–Trinajstić information content (AvgIpc) is 2.59. The number of benzene rings is 1. The van der Waals surface area contributed by atoms with Crippen LogP contribution in [-0.2, 0) is 9.53 Å². The standard InChI is InChI=1S/C17H27N3O3/c1-3-23-16-7-5-4-6-15(16)19-9-11-20(12-10-19)17(21)14-18-8-13-22-2/h4-7,18H,3,8-14H2,1-2H3. The Hall–Kier alpha value is -1.79. The van der Waals surface area contributed by atoms with Crippen LogP contribution in [0.5, 0.6) is 5.75 Å². The van der Waals surface area contributed by atoms with Crippen LogP contribution in [0.4, 0.5) is 5.69 Å². The number of nitrogens with zero attached hydrogens (tertiary/aromatic N) is 2. The highest BCUT2D eigenvalue weighted by Crippen LogP contribution is 2.28. The van der Waals surface area contributed by atoms with Crippen molar-refractivity contribution in [2.24, 2.45) is 0 Å². The molecule has 128 valence electrons. The van der Waals surface area contributed by atoms with Crippen molar-refractivity contribution in [1.82, 2.24) is 10.2 Å². The molecule has 1 heterocycles. The average molecular weight is 321 g/mol. The minimum atomic E-state index is 0.152. The molecule has 1 aromatic rings. The molecular weight excluding hydrogens is 294 g/mol. The van der Waals surface area contributed by atoms with Crippen LogP contribution in [0.3, 0.4) is 0 Å². The Balaban J connectivity index is 1.83. The number of ether oxygens (including phenoxy) is 2. The van der Waals surface area contributed by atoms with Crippen LogP contribution in [0.2, 0.25) is 0 Å². The first-order chi connectivity index (χ1) is 11.3. The number of amides is 1. The molecule has 0 spiro atoms. The van der Waals surface area contributed by atoms with Crippen LogP contribution in [0.25, 0.3) is 0 Å². The number of hydrogen-bond donors (Lipinski definition) is 1. The predicted molar refractivity (Wildman–Crippen MR) is 91.1 cm³/mol. The summed E-state index contributed by atoms with van der Waals surface area (Å²) < 4.78 is 10.7. The zero-order valence-corrected chi connectivity index (χ0v) is 14.1. The molecule has 1 amide bonds. The van der Waals surface area contributed by atoms with Gasteiger partial charge in [-0.2, -0.15) is 0 Å². The Morgan fingerprint density at radius 1 is 1.22 bits per heavy atom. The molecule has 0 bridgehead atoms. The molecule has 2 rings (SSSR count). The molecule has 6 heteroatoms. The summed E-state index contributed by atoms with van der Waals surface area (Å²) in [5.74, 6) is 1.06. The van der Waals surface area contributed by atoms with E-state index in [2.05, 4.69) is 16.3 Å². The Kier molecular flexibility index (Phi) is 7.16. The highest BCUT2D eigenvalue weighted by atomic mass is 16.5. The van der Waals surface area contributed by atoms with E-state index in [9.17, 15) is 4.79 Å². The van der Waals surface area contributed by atoms with Gasteiger partial charge in [-0.25, -0.2) is 0 Å². The van der Waals surface area contributed by atoms with Crippen molar-refractivity contribution in [1.29, 1.82) is 0 Å². The van der Waals surface area contributed by atoms with Gasteiger partial charge < -0.3 is 24.6 Å². The van der Waals surface area contributed by atoms with E-state index in [1.54, 1.807) is 7.11 Å². The second-order valence-corrected chi connectivity index (χ2v) is 5.44. The van der Waals surface area contributed by atoms with E-state index >= 15 is 0 Å². The lowest BCUT2D eigenvalue weighted by molar-refractivity contribution is -0.130. The second-order valence-electron chi connectivity index (χ2n) is 5.44. The summed E-state index contributed by atoms with van der Waals surface area (Å²) >= 11 is 0. The fraction of sp³-hybridized carbons (Fsp3) is 0.588. The highest BCUT2D eigenvalue weighted by molar-refractivity contribution is 5.78. The zero-order chi connectivity index (χ0) is 16.5. The number of piperazine rings is 1. The summed E-state index contributed by atoms with van der Waals surface area (Å²) in [6, 6.07) is 8.08. The van der Waals surface area contributed by atoms with Crippen molar-refractivity contribution >= 4 is 11.6 Å². The first-order valence-electron chi connectivity index (χ1n) is 8.20. The van der Waals surface area contributed by atoms with Gasteiger partial charge in [-0.15, -0.1) is 0 Å². The van der Waals surface area contributed by atoms with Crippen molar-refractivity contribution in [2.45, 2.75) is 6.92 Å². The number of carbonyl (C=O) groups is 1. The summed E-state index contributed by atoms with van der Waals surface area (Å²) in [6.07, 6.45) is 0. The van der Waals surface area contributed by atoms with Gasteiger partial charge in [0.25, 0.3) is 0 Å². The lowest BCUT2D eigenvalue weighted by Gasteiger charge is -2.36. The molecular formula is C17H27N3O3. The number of hydrogen-bond acceptors (Lipinski definition) is 5. The van der Waals surface area contributed by atoms with E-state index in [4.69, 9.17) is 9.47 Å². The maximum absolute atomic E-state index is 12.2. The number of para-hydroxylation sites is 2. The maximum atomic E-state index is 12.2. The summed E-state index contributed by atoms with van der Waals surface area (Å²) in [5, 5.41) is 3.10. The van der Waals surface area contributed by atoms with Gasteiger partial charge in [0.2, 0.25) is 5.91 Å². The van der Waals surface area contributed by atoms with Gasteiger partial charge in [0.1, 0.15) is 5.75 Å². The molecule has 0 radical (unpaired) electrons. The van der Waals surface area contributed by atoms with Crippen molar-refractivity contribution in [2.75, 3.05) is 64.5 Å². The van der Waals surface area contributed by atoms with Gasteiger partial charge in [0, 0.05) is 39.8 Å². The van der Waals surface area contributed by atoms with Crippen LogP contribution >= 0.6 is 0 Å². The number of methoxy groups -OCH3 is 1. The fourth-order valence-corrected chi connectivity index (χ4v) is 2.67. The predicted octanol–water partition coefficient (Wildman–Crippen LogP) is 0.970. The minimum Gasteiger partial charge on any atom is -0.492 e. The third-order valence-electron chi connectivity index (χ3n) is 3.90. The quantitative estimate of drug-likeness (QED) is 0.723. The lowest BCUT2D eigenvalue weighted by Crippen LogP contribution is -2.51. The molecule has 0 saturated carbocycles. The molecule has 1 N–H and O–H groups in total. The van der Waals surface area contributed by atoms with Gasteiger partial charge in [-0.3, -0.25) is 4.79 Å². The largest absolute Gasteiger partial charge is 0.492 e. The zero-order valence-electron chi connectivity index (χ0n) is 14.1. The summed E-state index contributed by atoms with van der Waals surface area (Å²) in [7, 11) is 1.66. The van der Waals surface area contributed by atoms with E-state index in [1.807, 2.05) is 30.0 Å². The maximum Gasteiger partial charge on any atom is 0.236 e. The molecule has 6 nitrogen and oxygen atoms in total. The Bertz CT molecular complexity index is 488. The first-order valence-corrected chi connectivity index (χ1v) is 8.20. The van der Waals surface area contributed by atoms with Crippen LogP contribution in [0, 0.1) is 0 Å². The SMILES string of the molecule is CCOc1ccccc1N1CCN(C(=O)CNCCOC)CC1. The monoisotopic (exact) mass is 321 g/mol. The second kappa shape index (κ2) is 9.37. The smallest absolute Gasteiger partial charge is 0.236 e. The normalized spacial score (nSPS) is 14.9. The van der Waals surface area contributed by atoms with E-state index in [0.29, 0.717) is 26.3 Å². The van der Waals surface area contributed by atoms with Crippen molar-refractivity contribution in [3.8, 4) is 5.75 Å². The molecule has 0 atom stereocenters. The number of rotatable bonds is 8. The summed E-state index contributed by atoms with van der Waals surface area (Å²) in [5.41, 5.74) is 1.11. The van der Waals surface area contributed by atoms with Gasteiger partial charge in [-0.1, -0.05) is 12.1 Å². The highest BCUT2D eigenvalue weighted by Gasteiger charge is 2.22. The Morgan fingerprint density at radius 3 is 2.65 bits per heavy atom. The van der Waals surface area contributed by atoms with Gasteiger partial charge in [0.15, 0.2) is 0 Å². The fourth-order valence-electron chi connectivity index (χ4n) is 2.67. The van der Waals surface area contributed by atoms with E-state index in [-0.39, 0.29) is 5.91 Å². The summed E-state index contributed by atoms with van der Waals surface area (Å²) in [4.78, 5) is 16.4. The lowest BCUT2D eigenvalue weighted by atomic mass is 10.2. The Morgan fingerprint density at radius 2 is 1.96 bits per heavy atom. The molecule has 1 aromatic carbocycles. The molecule has 1 aliphatic heterocycles. The molecule has 23 heavy (non-hydrogen) atoms. The Labute approximate surface area is 138 Å². The number of nitrogens with one attached hydrogen (secondary N) is 1. The summed E-state index contributed by atoms with van der Waals surface area (Å²) in [6.45, 7) is 7.48. The molecule has 1 fully saturated rings. The third kappa shape index (κ3) is 5.11. The van der Waals surface area contributed by atoms with Crippen LogP contribution in [-0.4, -0.2) is 70.4 Å². The molecule has 1 saturated heterocycles. The molecule has 0 unspecified atom stereocenters. The molecule has 1 aliphatic rings. The van der Waals surface area contributed by atoms with E-state index in [1.165, 1.54) is 0 Å². The van der Waals surface area contributed by atoms with Crippen molar-refractivity contribution in [3.63, 3.8) is 0 Å². The van der Waals surface area contributed by atoms with Crippen molar-refractivity contribution in [3.05, 3.63) is 24.3 Å². The van der Waals surface area contributed by atoms with E-state index in [0.717, 1.165) is 37.6 Å². The molecule has 0 aromatic heterocycles. The van der Waals surface area contributed by atoms with Crippen molar-refractivity contribution < 1.29 is 14.3 Å². The van der Waals surface area contributed by atoms with Gasteiger partial charge >= 0.3 is 0 Å². The third-order valence-corrected chi connectivity index (χ3v) is 3.90. The van der Waals surface area contributed by atoms with E-state index < -0.39 is 0 Å². The van der Waals surface area contributed by atoms with Crippen LogP contribution in [0.15, 0.2) is 24.3 Å². The van der Waals surface area contributed by atoms with Gasteiger partial charge in [-0.05, 0) is 19.1 Å². The van der Waals surface area contributed by atoms with Gasteiger partial charge in [0.05, 0.1) is 25.4 Å². The number of carbonyl (C=O) groups excluding carboxylic acids is 1. The topological polar surface area (TPSA) is 54.0 Å². The van der Waals surface area contributed by atoms with Crippen LogP contribution < -0.4 is 15.0 Å².